The highest BCUT2D eigenvalue weighted by Gasteiger charge is 2.29. The van der Waals surface area contributed by atoms with E-state index in [0.717, 1.165) is 37.2 Å². The van der Waals surface area contributed by atoms with Crippen molar-refractivity contribution in [2.24, 2.45) is 0 Å². The molecule has 0 spiro atoms. The largest absolute Gasteiger partial charge is 0.493 e. The maximum absolute atomic E-state index is 13.3. The van der Waals surface area contributed by atoms with Crippen molar-refractivity contribution in [2.75, 3.05) is 31.6 Å². The first-order valence-corrected chi connectivity index (χ1v) is 12.5. The molecule has 0 aliphatic carbocycles. The summed E-state index contributed by atoms with van der Waals surface area (Å²) >= 11 is 12.2. The van der Waals surface area contributed by atoms with E-state index in [0.29, 0.717) is 58.4 Å². The van der Waals surface area contributed by atoms with Crippen LogP contribution in [0.25, 0.3) is 0 Å². The minimum atomic E-state index is -0.127. The first-order chi connectivity index (χ1) is 17.0. The molecular formula is C26H26Cl2N4O3. The summed E-state index contributed by atoms with van der Waals surface area (Å²) in [6, 6.07) is 12.4. The molecule has 2 aliphatic heterocycles. The standard InChI is InChI=1S/C26H26Cl2N4O3/c1-34-22-7-3-4-8-23(22)35-24-18-16-32(25(33)17-9-10-19(27)20(28)15-17)14-11-21(18)29-26(30-24)31-12-5-2-6-13-31/h3-4,7-10,15H,2,5-6,11-14,16H2,1H3. The second-order valence-corrected chi connectivity index (χ2v) is 9.47. The van der Waals surface area contributed by atoms with Crippen LogP contribution in [0.15, 0.2) is 42.5 Å². The number of rotatable bonds is 5. The molecule has 7 nitrogen and oxygen atoms in total. The number of carbonyl (C=O) groups is 1. The van der Waals surface area contributed by atoms with Crippen LogP contribution in [0.1, 0.15) is 40.9 Å². The number of aromatic nitrogens is 2. The topological polar surface area (TPSA) is 67.8 Å². The van der Waals surface area contributed by atoms with Gasteiger partial charge in [0.05, 0.1) is 35.0 Å². The molecule has 2 aliphatic rings. The number of piperidine rings is 1. The molecule has 3 aromatic rings. The zero-order valence-electron chi connectivity index (χ0n) is 19.5. The lowest BCUT2D eigenvalue weighted by Gasteiger charge is -2.32. The predicted octanol–water partition coefficient (Wildman–Crippen LogP) is 5.77. The number of methoxy groups -OCH3 is 1. The number of para-hydroxylation sites is 2. The number of anilines is 1. The summed E-state index contributed by atoms with van der Waals surface area (Å²) in [4.78, 5) is 27.0. The van der Waals surface area contributed by atoms with E-state index in [1.807, 2.05) is 24.3 Å². The van der Waals surface area contributed by atoms with Gasteiger partial charge in [-0.05, 0) is 49.6 Å². The number of amides is 1. The van der Waals surface area contributed by atoms with Crippen LogP contribution in [-0.4, -0.2) is 47.5 Å². The molecule has 0 N–H and O–H groups in total. The molecule has 0 unspecified atom stereocenters. The summed E-state index contributed by atoms with van der Waals surface area (Å²) < 4.78 is 11.8. The Balaban J connectivity index is 1.50. The molecule has 5 rings (SSSR count). The van der Waals surface area contributed by atoms with Crippen LogP contribution in [0.5, 0.6) is 17.4 Å². The molecule has 35 heavy (non-hydrogen) atoms. The fourth-order valence-corrected chi connectivity index (χ4v) is 4.78. The Kier molecular flexibility index (Phi) is 6.97. The van der Waals surface area contributed by atoms with Crippen LogP contribution in [0.4, 0.5) is 5.95 Å². The second kappa shape index (κ2) is 10.3. The molecule has 1 fully saturated rings. The summed E-state index contributed by atoms with van der Waals surface area (Å²) in [7, 11) is 1.61. The van der Waals surface area contributed by atoms with Gasteiger partial charge in [-0.2, -0.15) is 4.98 Å². The lowest BCUT2D eigenvalue weighted by molar-refractivity contribution is 0.0732. The molecule has 3 heterocycles. The van der Waals surface area contributed by atoms with Crippen molar-refractivity contribution < 1.29 is 14.3 Å². The fourth-order valence-electron chi connectivity index (χ4n) is 4.48. The summed E-state index contributed by atoms with van der Waals surface area (Å²) in [5.41, 5.74) is 2.20. The van der Waals surface area contributed by atoms with Gasteiger partial charge in [0.2, 0.25) is 11.8 Å². The highest BCUT2D eigenvalue weighted by Crippen LogP contribution is 2.36. The monoisotopic (exact) mass is 512 g/mol. The predicted molar refractivity (Wildman–Crippen MR) is 136 cm³/mol. The molecular weight excluding hydrogens is 487 g/mol. The van der Waals surface area contributed by atoms with Gasteiger partial charge in [-0.1, -0.05) is 35.3 Å². The number of hydrogen-bond acceptors (Lipinski definition) is 6. The normalized spacial score (nSPS) is 15.5. The zero-order chi connectivity index (χ0) is 24.4. The van der Waals surface area contributed by atoms with Crippen LogP contribution >= 0.6 is 23.2 Å². The van der Waals surface area contributed by atoms with Gasteiger partial charge < -0.3 is 19.3 Å². The Bertz CT molecular complexity index is 1250. The number of hydrogen-bond donors (Lipinski definition) is 0. The van der Waals surface area contributed by atoms with Crippen molar-refractivity contribution in [3.05, 3.63) is 69.3 Å². The molecule has 0 saturated carbocycles. The van der Waals surface area contributed by atoms with Crippen LogP contribution < -0.4 is 14.4 Å². The van der Waals surface area contributed by atoms with Gasteiger partial charge in [0, 0.05) is 31.6 Å². The quantitative estimate of drug-likeness (QED) is 0.432. The average molecular weight is 513 g/mol. The minimum absolute atomic E-state index is 0.127. The van der Waals surface area contributed by atoms with E-state index < -0.39 is 0 Å². The van der Waals surface area contributed by atoms with Gasteiger partial charge >= 0.3 is 0 Å². The summed E-state index contributed by atoms with van der Waals surface area (Å²) in [5.74, 6) is 2.18. The minimum Gasteiger partial charge on any atom is -0.493 e. The maximum atomic E-state index is 13.3. The van der Waals surface area contributed by atoms with Gasteiger partial charge in [0.25, 0.3) is 5.91 Å². The zero-order valence-corrected chi connectivity index (χ0v) is 21.0. The summed E-state index contributed by atoms with van der Waals surface area (Å²) in [5, 5.41) is 0.767. The van der Waals surface area contributed by atoms with Crippen LogP contribution in [0, 0.1) is 0 Å². The van der Waals surface area contributed by atoms with E-state index in [1.165, 1.54) is 6.42 Å². The second-order valence-electron chi connectivity index (χ2n) is 8.66. The third-order valence-corrected chi connectivity index (χ3v) is 7.12. The van der Waals surface area contributed by atoms with E-state index in [1.54, 1.807) is 30.2 Å². The number of ether oxygens (including phenoxy) is 2. The Labute approximate surface area is 214 Å². The molecule has 1 aromatic heterocycles. The van der Waals surface area contributed by atoms with Gasteiger partial charge in [-0.3, -0.25) is 4.79 Å². The van der Waals surface area contributed by atoms with Crippen molar-refractivity contribution >= 4 is 35.1 Å². The summed E-state index contributed by atoms with van der Waals surface area (Å²) in [6.45, 7) is 2.72. The molecule has 2 aromatic carbocycles. The molecule has 1 saturated heterocycles. The SMILES string of the molecule is COc1ccccc1Oc1nc(N2CCCCC2)nc2c1CN(C(=O)c1ccc(Cl)c(Cl)c1)CC2. The fraction of sp³-hybridized carbons (Fsp3) is 0.346. The first kappa shape index (κ1) is 23.7. The third kappa shape index (κ3) is 5.02. The Morgan fingerprint density at radius 3 is 2.46 bits per heavy atom. The van der Waals surface area contributed by atoms with Gasteiger partial charge in [-0.15, -0.1) is 0 Å². The Hall–Kier alpha value is -3.03. The molecule has 0 bridgehead atoms. The highest BCUT2D eigenvalue weighted by molar-refractivity contribution is 6.42. The van der Waals surface area contributed by atoms with E-state index in [2.05, 4.69) is 4.90 Å². The van der Waals surface area contributed by atoms with Crippen LogP contribution in [0.3, 0.4) is 0 Å². The molecule has 0 atom stereocenters. The van der Waals surface area contributed by atoms with E-state index in [4.69, 9.17) is 42.6 Å². The molecule has 0 radical (unpaired) electrons. The van der Waals surface area contributed by atoms with Crippen molar-refractivity contribution in [2.45, 2.75) is 32.2 Å². The summed E-state index contributed by atoms with van der Waals surface area (Å²) in [6.07, 6.45) is 4.07. The van der Waals surface area contributed by atoms with Crippen molar-refractivity contribution in [3.8, 4) is 17.4 Å². The van der Waals surface area contributed by atoms with Gasteiger partial charge in [0.1, 0.15) is 0 Å². The van der Waals surface area contributed by atoms with E-state index in [-0.39, 0.29) is 5.91 Å². The smallest absolute Gasteiger partial charge is 0.254 e. The molecule has 1 amide bonds. The number of benzene rings is 2. The Morgan fingerprint density at radius 1 is 0.943 bits per heavy atom. The molecule has 9 heteroatoms. The number of fused-ring (bicyclic) bond motifs is 1. The van der Waals surface area contributed by atoms with E-state index >= 15 is 0 Å². The maximum Gasteiger partial charge on any atom is 0.254 e. The van der Waals surface area contributed by atoms with Gasteiger partial charge in [0.15, 0.2) is 11.5 Å². The van der Waals surface area contributed by atoms with Crippen LogP contribution in [0.2, 0.25) is 10.0 Å². The average Bonchev–Trinajstić information content (AvgIpc) is 2.90. The first-order valence-electron chi connectivity index (χ1n) is 11.7. The van der Waals surface area contributed by atoms with Crippen molar-refractivity contribution in [3.63, 3.8) is 0 Å². The van der Waals surface area contributed by atoms with Crippen LogP contribution in [-0.2, 0) is 13.0 Å². The Morgan fingerprint density at radius 2 is 1.71 bits per heavy atom. The lowest BCUT2D eigenvalue weighted by atomic mass is 10.0. The third-order valence-electron chi connectivity index (χ3n) is 6.38. The number of halogens is 2. The van der Waals surface area contributed by atoms with Crippen molar-refractivity contribution in [1.29, 1.82) is 0 Å². The van der Waals surface area contributed by atoms with Crippen molar-refractivity contribution in [1.82, 2.24) is 14.9 Å². The lowest BCUT2D eigenvalue weighted by Crippen LogP contribution is -2.37. The van der Waals surface area contributed by atoms with E-state index in [9.17, 15) is 4.79 Å². The molecule has 182 valence electrons. The van der Waals surface area contributed by atoms with Gasteiger partial charge in [-0.25, -0.2) is 4.98 Å². The highest BCUT2D eigenvalue weighted by atomic mass is 35.5. The number of carbonyl (C=O) groups excluding carboxylic acids is 1. The number of nitrogens with zero attached hydrogens (tertiary/aromatic N) is 4.